The van der Waals surface area contributed by atoms with Crippen LogP contribution in [0.15, 0.2) is 443 Å². The van der Waals surface area contributed by atoms with Crippen LogP contribution in [-0.4, -0.2) is 50.0 Å². The number of aliphatic hydroxyl groups excluding tert-OH is 1. The number of hydrogen-bond acceptors (Lipinski definition) is 5. The van der Waals surface area contributed by atoms with Crippen LogP contribution >= 0.6 is 31.7 Å². The summed E-state index contributed by atoms with van der Waals surface area (Å²) < 4.78 is 17.1. The number of ether oxygens (including phenoxy) is 3. The first-order chi connectivity index (χ1) is 58.4. The third kappa shape index (κ3) is 22.0. The van der Waals surface area contributed by atoms with Gasteiger partial charge >= 0.3 is 0 Å². The first kappa shape index (κ1) is 85.2. The Balaban J connectivity index is 0.000000136. The number of hydrogen-bond donors (Lipinski definition) is 3. The molecule has 119 heavy (non-hydrogen) atoms. The quantitative estimate of drug-likeness (QED) is 0.0492. The standard InChI is InChI=1S/C35H34N2O5.4C18H15P.Pd/c1-40-32-18-29-26(33(41-2)34(32)42-3)14-13-22-16-27(21-9-5-4-6-10-21)30(17-28(22)29)35(39)37-24(20-38)15-23-19-36-31-12-8-7-11-25(23)31;4*1-4-10-16(11-5-1)19(17-12-6-2-7-13-17)18-14-8-3-9-15-18;/h4-12,16-19,24,36,38H,13-15,20H2,1-3H3,(H,37,39);4*1-15H;/t24-;;;;;/m1...../s1. The average molecular weight is 1720 g/mol. The molecule has 0 spiro atoms. The van der Waals surface area contributed by atoms with Crippen LogP contribution in [0.4, 0.5) is 0 Å². The van der Waals surface area contributed by atoms with Gasteiger partial charge in [0.1, 0.15) is 0 Å². The number of carbonyl (C=O) groups excluding carboxylic acids is 1. The number of amides is 1. The van der Waals surface area contributed by atoms with Crippen molar-refractivity contribution in [3.05, 3.63) is 465 Å². The molecule has 0 saturated heterocycles. The number of carbonyl (C=O) groups is 1. The van der Waals surface area contributed by atoms with Crippen LogP contribution in [0.3, 0.4) is 0 Å². The molecule has 1 aliphatic carbocycles. The van der Waals surface area contributed by atoms with Crippen LogP contribution in [0.5, 0.6) is 17.2 Å². The average Bonchev–Trinajstić information content (AvgIpc) is 1.24. The van der Waals surface area contributed by atoms with Crippen molar-refractivity contribution in [2.45, 2.75) is 25.3 Å². The number of aromatic amines is 1. The van der Waals surface area contributed by atoms with E-state index in [2.05, 4.69) is 380 Å². The number of aromatic nitrogens is 1. The van der Waals surface area contributed by atoms with E-state index in [4.69, 9.17) is 14.2 Å². The van der Waals surface area contributed by atoms with Gasteiger partial charge in [0.05, 0.1) is 34.0 Å². The maximum Gasteiger partial charge on any atom is 0.252 e. The number of benzene rings is 16. The Bertz CT molecular complexity index is 5040. The van der Waals surface area contributed by atoms with Crippen LogP contribution < -0.4 is 83.2 Å². The molecular weight excluding hydrogens is 1620 g/mol. The summed E-state index contributed by atoms with van der Waals surface area (Å²) in [6.07, 6.45) is 3.99. The second-order valence-corrected chi connectivity index (χ2v) is 36.8. The number of aryl methyl sites for hydroxylation is 1. The van der Waals surface area contributed by atoms with Gasteiger partial charge in [0.2, 0.25) is 5.75 Å². The number of aliphatic hydroxyl groups is 1. The summed E-state index contributed by atoms with van der Waals surface area (Å²) in [5.41, 5.74) is 8.50. The van der Waals surface area contributed by atoms with Gasteiger partial charge in [-0.15, -0.1) is 0 Å². The summed E-state index contributed by atoms with van der Waals surface area (Å²) in [5.74, 6) is 1.53. The van der Waals surface area contributed by atoms with Crippen molar-refractivity contribution in [3.8, 4) is 39.5 Å². The molecule has 1 aromatic heterocycles. The van der Waals surface area contributed by atoms with Crippen molar-refractivity contribution >= 4 is 112 Å². The second kappa shape index (κ2) is 44.2. The smallest absolute Gasteiger partial charge is 0.252 e. The molecule has 7 nitrogen and oxygen atoms in total. The third-order valence-corrected chi connectivity index (χ3v) is 30.1. The Morgan fingerprint density at radius 1 is 0.345 bits per heavy atom. The predicted molar refractivity (Wildman–Crippen MR) is 505 cm³/mol. The Morgan fingerprint density at radius 2 is 0.639 bits per heavy atom. The van der Waals surface area contributed by atoms with Crippen molar-refractivity contribution in [1.29, 1.82) is 0 Å². The molecule has 0 radical (unpaired) electrons. The van der Waals surface area contributed by atoms with Crippen LogP contribution in [0.25, 0.3) is 33.2 Å². The van der Waals surface area contributed by atoms with Gasteiger partial charge in [0.25, 0.3) is 5.91 Å². The molecule has 0 fully saturated rings. The maximum absolute atomic E-state index is 14.0. The molecule has 17 aromatic rings. The van der Waals surface area contributed by atoms with Crippen LogP contribution in [0, 0.1) is 0 Å². The van der Waals surface area contributed by atoms with E-state index < -0.39 is 37.7 Å². The summed E-state index contributed by atoms with van der Waals surface area (Å²) >= 11 is 0. The Morgan fingerprint density at radius 3 is 0.933 bits per heavy atom. The van der Waals surface area contributed by atoms with Gasteiger partial charge in [-0.2, -0.15) is 0 Å². The molecule has 18 rings (SSSR count). The van der Waals surface area contributed by atoms with Crippen LogP contribution in [0.1, 0.15) is 27.0 Å². The number of nitrogens with one attached hydrogen (secondary N) is 2. The number of H-pyrrole nitrogens is 1. The molecule has 12 heteroatoms. The van der Waals surface area contributed by atoms with E-state index in [1.807, 2.05) is 72.9 Å². The fraction of sp³-hybridized carbons (Fsp3) is 0.0748. The van der Waals surface area contributed by atoms with Crippen molar-refractivity contribution in [2.24, 2.45) is 0 Å². The molecule has 0 bridgehead atoms. The molecule has 1 atom stereocenters. The van der Waals surface area contributed by atoms with Gasteiger partial charge in [-0.3, -0.25) is 4.79 Å². The minimum absolute atomic E-state index is 0. The molecule has 592 valence electrons. The second-order valence-electron chi connectivity index (χ2n) is 27.9. The monoisotopic (exact) mass is 1720 g/mol. The number of methoxy groups -OCH3 is 3. The minimum atomic E-state index is -0.465. The van der Waals surface area contributed by atoms with E-state index >= 15 is 0 Å². The zero-order valence-corrected chi connectivity index (χ0v) is 71.9. The normalized spacial score (nSPS) is 11.3. The van der Waals surface area contributed by atoms with Crippen molar-refractivity contribution in [1.82, 2.24) is 10.3 Å². The van der Waals surface area contributed by atoms with Gasteiger partial charge in [-0.1, -0.05) is 413 Å². The molecule has 1 aliphatic rings. The fourth-order valence-electron chi connectivity index (χ4n) is 14.8. The fourth-order valence-corrected chi connectivity index (χ4v) is 24.0. The minimum Gasteiger partial charge on any atom is -0.493 e. The largest absolute Gasteiger partial charge is 0.493 e. The van der Waals surface area contributed by atoms with E-state index in [0.29, 0.717) is 29.2 Å². The van der Waals surface area contributed by atoms with Gasteiger partial charge in [0.15, 0.2) is 11.5 Å². The van der Waals surface area contributed by atoms with Crippen LogP contribution in [-0.2, 0) is 39.7 Å². The molecule has 0 aliphatic heterocycles. The summed E-state index contributed by atoms with van der Waals surface area (Å²) in [5, 5.41) is 31.3. The van der Waals surface area contributed by atoms with E-state index in [9.17, 15) is 9.90 Å². The Kier molecular flexibility index (Phi) is 31.6. The maximum atomic E-state index is 14.0. The molecule has 0 unspecified atom stereocenters. The molecule has 3 N–H and O–H groups in total. The van der Waals surface area contributed by atoms with Crippen molar-refractivity contribution in [2.75, 3.05) is 27.9 Å². The summed E-state index contributed by atoms with van der Waals surface area (Å²) in [7, 11) is 3.06. The number of rotatable bonds is 21. The summed E-state index contributed by atoms with van der Waals surface area (Å²) in [6, 6.07) is 153. The number of fused-ring (bicyclic) bond motifs is 4. The SMILES string of the molecule is COc1cc2c(c(OC)c1OC)CCc1cc(-c3ccccc3)c(C(=O)N[C@@H](CO)Cc3c[nH]c4ccccc34)cc1-2.[Pd].c1ccc(P(c2ccccc2)c2ccccc2)cc1.c1ccc(P(c2ccccc2)c2ccccc2)cc1.c1ccc(P(c2ccccc2)c2ccccc2)cc1.c1ccc(P(c2ccccc2)c2ccccc2)cc1. The molecular formula is C107H94N2O5P4Pd. The molecule has 1 heterocycles. The van der Waals surface area contributed by atoms with Gasteiger partial charge in [-0.25, -0.2) is 0 Å². The molecule has 0 saturated carbocycles. The summed E-state index contributed by atoms with van der Waals surface area (Å²) in [6.45, 7) is -0.187. The van der Waals surface area contributed by atoms with E-state index in [-0.39, 0.29) is 32.9 Å². The zero-order valence-electron chi connectivity index (χ0n) is 66.7. The number of para-hydroxylation sites is 1. The van der Waals surface area contributed by atoms with Crippen molar-refractivity contribution in [3.63, 3.8) is 0 Å². The summed E-state index contributed by atoms with van der Waals surface area (Å²) in [4.78, 5) is 17.3. The van der Waals surface area contributed by atoms with Crippen molar-refractivity contribution < 1.29 is 44.5 Å². The Hall–Kier alpha value is -11.7. The molecule has 1 amide bonds. The van der Waals surface area contributed by atoms with E-state index in [1.54, 1.807) is 21.3 Å². The predicted octanol–water partition coefficient (Wildman–Crippen LogP) is 19.7. The van der Waals surface area contributed by atoms with E-state index in [1.165, 1.54) is 63.7 Å². The van der Waals surface area contributed by atoms with Gasteiger partial charge in [0, 0.05) is 48.6 Å². The Labute approximate surface area is 719 Å². The first-order valence-corrected chi connectivity index (χ1v) is 45.0. The molecule has 16 aromatic carbocycles. The first-order valence-electron chi connectivity index (χ1n) is 39.7. The third-order valence-electron chi connectivity index (χ3n) is 20.3. The van der Waals surface area contributed by atoms with Gasteiger partial charge < -0.3 is 29.6 Å². The topological polar surface area (TPSA) is 92.8 Å². The van der Waals surface area contributed by atoms with Gasteiger partial charge in [-0.05, 0) is 172 Å². The van der Waals surface area contributed by atoms with Crippen LogP contribution in [0.2, 0.25) is 0 Å². The zero-order chi connectivity index (χ0) is 80.9. The van der Waals surface area contributed by atoms with E-state index in [0.717, 1.165) is 62.7 Å².